The predicted molar refractivity (Wildman–Crippen MR) is 134 cm³/mol. The van der Waals surface area contributed by atoms with Gasteiger partial charge in [-0.25, -0.2) is 0 Å². The first-order valence-corrected chi connectivity index (χ1v) is 12.1. The van der Waals surface area contributed by atoms with Crippen LogP contribution in [0.25, 0.3) is 5.57 Å². The third kappa shape index (κ3) is 5.58. The molecule has 3 rings (SSSR count). The summed E-state index contributed by atoms with van der Waals surface area (Å²) in [6, 6.07) is 4.43. The SMILES string of the molecule is C=CC(C(=O)O)C1=C(NCC(=O)N2CCC(c3ccc(C(=C)C)c(C)c3C)CC2)CCCC1. The Kier molecular flexibility index (Phi) is 8.17. The number of amides is 1. The predicted octanol–water partition coefficient (Wildman–Crippen LogP) is 5.35. The lowest BCUT2D eigenvalue weighted by Crippen LogP contribution is -2.42. The number of allylic oxidation sites excluding steroid dienone is 2. The summed E-state index contributed by atoms with van der Waals surface area (Å²) in [5.41, 5.74) is 8.15. The molecule has 1 heterocycles. The number of nitrogens with one attached hydrogen (secondary N) is 1. The van der Waals surface area contributed by atoms with E-state index in [9.17, 15) is 14.7 Å². The Morgan fingerprint density at radius 3 is 2.45 bits per heavy atom. The molecular formula is C28H38N2O3. The van der Waals surface area contributed by atoms with Crippen LogP contribution >= 0.6 is 0 Å². The number of carbonyl (C=O) groups excluding carboxylic acids is 1. The number of carboxylic acids is 1. The summed E-state index contributed by atoms with van der Waals surface area (Å²) in [6.45, 7) is 15.9. The van der Waals surface area contributed by atoms with Crippen LogP contribution in [0.3, 0.4) is 0 Å². The second-order valence-corrected chi connectivity index (χ2v) is 9.50. The van der Waals surface area contributed by atoms with Gasteiger partial charge in [0.2, 0.25) is 5.91 Å². The molecule has 33 heavy (non-hydrogen) atoms. The molecule has 0 aromatic heterocycles. The summed E-state index contributed by atoms with van der Waals surface area (Å²) >= 11 is 0. The van der Waals surface area contributed by atoms with Gasteiger partial charge in [0.1, 0.15) is 0 Å². The fourth-order valence-corrected chi connectivity index (χ4v) is 5.35. The van der Waals surface area contributed by atoms with Gasteiger partial charge in [0, 0.05) is 18.8 Å². The number of hydrogen-bond donors (Lipinski definition) is 2. The van der Waals surface area contributed by atoms with Gasteiger partial charge in [0.25, 0.3) is 0 Å². The van der Waals surface area contributed by atoms with Gasteiger partial charge in [-0.05, 0) is 93.0 Å². The van der Waals surface area contributed by atoms with Crippen molar-refractivity contribution in [1.29, 1.82) is 0 Å². The number of nitrogens with zero attached hydrogens (tertiary/aromatic N) is 1. The Morgan fingerprint density at radius 2 is 1.85 bits per heavy atom. The maximum Gasteiger partial charge on any atom is 0.314 e. The summed E-state index contributed by atoms with van der Waals surface area (Å²) in [7, 11) is 0. The van der Waals surface area contributed by atoms with Crippen molar-refractivity contribution in [2.75, 3.05) is 19.6 Å². The van der Waals surface area contributed by atoms with E-state index in [4.69, 9.17) is 0 Å². The van der Waals surface area contributed by atoms with Gasteiger partial charge < -0.3 is 15.3 Å². The largest absolute Gasteiger partial charge is 0.481 e. The highest BCUT2D eigenvalue weighted by Crippen LogP contribution is 2.34. The van der Waals surface area contributed by atoms with E-state index in [1.807, 2.05) is 11.8 Å². The van der Waals surface area contributed by atoms with Crippen LogP contribution < -0.4 is 5.32 Å². The standard InChI is InChI=1S/C28H38N2O3/c1-6-22(28(32)33)25-9-7-8-10-26(25)29-17-27(31)30-15-13-21(14-16-30)24-12-11-23(18(2)3)19(4)20(24)5/h6,11-12,21-22,29H,1-2,7-10,13-17H2,3-5H3,(H,32,33). The first-order chi connectivity index (χ1) is 15.7. The van der Waals surface area contributed by atoms with Crippen molar-refractivity contribution in [3.05, 3.63) is 64.9 Å². The molecule has 1 amide bonds. The zero-order valence-electron chi connectivity index (χ0n) is 20.4. The zero-order valence-corrected chi connectivity index (χ0v) is 20.4. The Bertz CT molecular complexity index is 968. The van der Waals surface area contributed by atoms with Gasteiger partial charge in [-0.15, -0.1) is 6.58 Å². The van der Waals surface area contributed by atoms with E-state index in [-0.39, 0.29) is 12.5 Å². The lowest BCUT2D eigenvalue weighted by atomic mass is 9.83. The first kappa shape index (κ1) is 24.8. The van der Waals surface area contributed by atoms with Crippen LogP contribution in [0.15, 0.2) is 42.6 Å². The second kappa shape index (κ2) is 10.9. The molecule has 2 aliphatic rings. The number of piperidine rings is 1. The Labute approximate surface area is 198 Å². The van der Waals surface area contributed by atoms with E-state index in [1.54, 1.807) is 0 Å². The molecule has 1 unspecified atom stereocenters. The Balaban J connectivity index is 1.60. The van der Waals surface area contributed by atoms with Crippen molar-refractivity contribution in [3.63, 3.8) is 0 Å². The number of likely N-dealkylation sites (tertiary alicyclic amines) is 1. The molecule has 1 aromatic rings. The number of benzene rings is 1. The van der Waals surface area contributed by atoms with E-state index in [1.165, 1.54) is 28.3 Å². The maximum atomic E-state index is 12.9. The highest BCUT2D eigenvalue weighted by molar-refractivity contribution is 5.79. The van der Waals surface area contributed by atoms with Crippen LogP contribution in [0.2, 0.25) is 0 Å². The molecule has 0 saturated carbocycles. The second-order valence-electron chi connectivity index (χ2n) is 9.50. The van der Waals surface area contributed by atoms with Gasteiger partial charge in [-0.2, -0.15) is 0 Å². The Morgan fingerprint density at radius 1 is 1.18 bits per heavy atom. The topological polar surface area (TPSA) is 69.6 Å². The minimum Gasteiger partial charge on any atom is -0.481 e. The van der Waals surface area contributed by atoms with Crippen molar-refractivity contribution in [2.45, 2.75) is 65.2 Å². The minimum atomic E-state index is -0.878. The quantitative estimate of drug-likeness (QED) is 0.524. The fourth-order valence-electron chi connectivity index (χ4n) is 5.35. The molecule has 0 bridgehead atoms. The lowest BCUT2D eigenvalue weighted by Gasteiger charge is -2.34. The van der Waals surface area contributed by atoms with Crippen LogP contribution in [-0.2, 0) is 9.59 Å². The van der Waals surface area contributed by atoms with E-state index >= 15 is 0 Å². The molecule has 1 atom stereocenters. The van der Waals surface area contributed by atoms with Crippen LogP contribution in [0, 0.1) is 19.8 Å². The smallest absolute Gasteiger partial charge is 0.314 e. The molecule has 0 radical (unpaired) electrons. The van der Waals surface area contributed by atoms with Crippen molar-refractivity contribution in [3.8, 4) is 0 Å². The molecule has 178 valence electrons. The first-order valence-electron chi connectivity index (χ1n) is 12.1. The molecule has 1 saturated heterocycles. The summed E-state index contributed by atoms with van der Waals surface area (Å²) < 4.78 is 0. The molecule has 1 aromatic carbocycles. The molecule has 1 aliphatic carbocycles. The monoisotopic (exact) mass is 450 g/mol. The van der Waals surface area contributed by atoms with Crippen molar-refractivity contribution in [1.82, 2.24) is 10.2 Å². The van der Waals surface area contributed by atoms with Crippen molar-refractivity contribution >= 4 is 17.4 Å². The van der Waals surface area contributed by atoms with Gasteiger partial charge in [-0.1, -0.05) is 30.4 Å². The molecular weight excluding hydrogens is 412 g/mol. The average Bonchev–Trinajstić information content (AvgIpc) is 2.80. The third-order valence-electron chi connectivity index (χ3n) is 7.42. The van der Waals surface area contributed by atoms with E-state index in [0.29, 0.717) is 5.92 Å². The highest BCUT2D eigenvalue weighted by atomic mass is 16.4. The van der Waals surface area contributed by atoms with Crippen LogP contribution in [0.1, 0.15) is 73.6 Å². The van der Waals surface area contributed by atoms with E-state index in [2.05, 4.69) is 44.5 Å². The lowest BCUT2D eigenvalue weighted by molar-refractivity contribution is -0.139. The molecule has 5 nitrogen and oxygen atoms in total. The summed E-state index contributed by atoms with van der Waals surface area (Å²) in [5, 5.41) is 12.8. The van der Waals surface area contributed by atoms with Crippen LogP contribution in [-0.4, -0.2) is 41.5 Å². The number of aliphatic carboxylic acids is 1. The molecule has 2 N–H and O–H groups in total. The molecule has 5 heteroatoms. The third-order valence-corrected chi connectivity index (χ3v) is 7.42. The van der Waals surface area contributed by atoms with Gasteiger partial charge in [0.05, 0.1) is 12.5 Å². The highest BCUT2D eigenvalue weighted by Gasteiger charge is 2.27. The Hall–Kier alpha value is -2.82. The van der Waals surface area contributed by atoms with Crippen LogP contribution in [0.5, 0.6) is 0 Å². The maximum absolute atomic E-state index is 12.9. The number of hydrogen-bond acceptors (Lipinski definition) is 3. The van der Waals surface area contributed by atoms with E-state index in [0.717, 1.165) is 68.5 Å². The fraction of sp³-hybridized carbons (Fsp3) is 0.500. The van der Waals surface area contributed by atoms with E-state index < -0.39 is 11.9 Å². The summed E-state index contributed by atoms with van der Waals surface area (Å²) in [6.07, 6.45) is 6.94. The average molecular weight is 451 g/mol. The van der Waals surface area contributed by atoms with Gasteiger partial charge in [0.15, 0.2) is 0 Å². The van der Waals surface area contributed by atoms with Crippen molar-refractivity contribution < 1.29 is 14.7 Å². The summed E-state index contributed by atoms with van der Waals surface area (Å²) in [4.78, 5) is 26.4. The summed E-state index contributed by atoms with van der Waals surface area (Å²) in [5.74, 6) is -1.00. The van der Waals surface area contributed by atoms with Crippen molar-refractivity contribution in [2.24, 2.45) is 5.92 Å². The molecule has 1 fully saturated rings. The zero-order chi connectivity index (χ0) is 24.1. The minimum absolute atomic E-state index is 0.0851. The van der Waals surface area contributed by atoms with Gasteiger partial charge in [-0.3, -0.25) is 9.59 Å². The van der Waals surface area contributed by atoms with Gasteiger partial charge >= 0.3 is 5.97 Å². The van der Waals surface area contributed by atoms with Crippen LogP contribution in [0.4, 0.5) is 0 Å². The normalized spacial score (nSPS) is 18.1. The molecule has 0 spiro atoms. The number of carbonyl (C=O) groups is 2. The number of rotatable bonds is 8. The number of carboxylic acid groups (broad SMARTS) is 1. The molecule has 1 aliphatic heterocycles.